The second kappa shape index (κ2) is 5.47. The Bertz CT molecular complexity index is 420. The van der Waals surface area contributed by atoms with E-state index in [4.69, 9.17) is 16.7 Å². The molecule has 0 amide bonds. The van der Waals surface area contributed by atoms with Gasteiger partial charge in [0.15, 0.2) is 5.78 Å². The third-order valence-electron chi connectivity index (χ3n) is 2.00. The van der Waals surface area contributed by atoms with Crippen LogP contribution in [0.1, 0.15) is 23.4 Å². The highest BCUT2D eigenvalue weighted by atomic mass is 35.5. The number of benzene rings is 1. The van der Waals surface area contributed by atoms with Crippen LogP contribution in [0.15, 0.2) is 30.3 Å². The van der Waals surface area contributed by atoms with E-state index in [1.165, 1.54) is 13.0 Å². The molecular weight excluding hydrogens is 228 g/mol. The minimum Gasteiger partial charge on any atom is -0.478 e. The largest absolute Gasteiger partial charge is 0.478 e. The number of hydrogen-bond donors (Lipinski definition) is 1. The number of Topliss-reactive ketones (excluding diaryl/α,β-unsaturated/α-hetero) is 1. The van der Waals surface area contributed by atoms with Crippen LogP contribution in [0.4, 0.5) is 0 Å². The molecule has 0 saturated carbocycles. The Labute approximate surface area is 98.4 Å². The third-order valence-corrected chi connectivity index (χ3v) is 2.56. The summed E-state index contributed by atoms with van der Waals surface area (Å²) < 4.78 is 0. The van der Waals surface area contributed by atoms with Gasteiger partial charge in [-0.05, 0) is 24.1 Å². The van der Waals surface area contributed by atoms with Gasteiger partial charge in [-0.15, -0.1) is 11.6 Å². The minimum absolute atomic E-state index is 0.115. The summed E-state index contributed by atoms with van der Waals surface area (Å²) in [5.74, 6) is -1.11. The van der Waals surface area contributed by atoms with E-state index in [-0.39, 0.29) is 5.78 Å². The van der Waals surface area contributed by atoms with Crippen LogP contribution in [-0.2, 0) is 9.59 Å². The van der Waals surface area contributed by atoms with Gasteiger partial charge in [-0.3, -0.25) is 4.79 Å². The molecule has 0 saturated heterocycles. The van der Waals surface area contributed by atoms with Crippen molar-refractivity contribution >= 4 is 29.4 Å². The normalized spacial score (nSPS) is 12.6. The van der Waals surface area contributed by atoms with Gasteiger partial charge in [0.25, 0.3) is 0 Å². The SMILES string of the molecule is CC(=O)C(Cl)c1ccc(C=CC(=O)O)cc1. The number of hydrogen-bond acceptors (Lipinski definition) is 2. The van der Waals surface area contributed by atoms with Crippen molar-refractivity contribution in [3.63, 3.8) is 0 Å². The molecule has 0 aromatic heterocycles. The first-order chi connectivity index (χ1) is 7.50. The van der Waals surface area contributed by atoms with Gasteiger partial charge < -0.3 is 5.11 Å². The third kappa shape index (κ3) is 3.51. The van der Waals surface area contributed by atoms with Gasteiger partial charge in [0.1, 0.15) is 5.38 Å². The highest BCUT2D eigenvalue weighted by molar-refractivity contribution is 6.30. The van der Waals surface area contributed by atoms with E-state index in [1.807, 2.05) is 0 Å². The molecule has 0 aliphatic heterocycles. The summed E-state index contributed by atoms with van der Waals surface area (Å²) in [6.07, 6.45) is 2.53. The van der Waals surface area contributed by atoms with Crippen molar-refractivity contribution in [3.8, 4) is 0 Å². The predicted octanol–water partition coefficient (Wildman–Crippen LogP) is 2.65. The van der Waals surface area contributed by atoms with Crippen molar-refractivity contribution in [1.29, 1.82) is 0 Å². The van der Waals surface area contributed by atoms with E-state index >= 15 is 0 Å². The smallest absolute Gasteiger partial charge is 0.328 e. The van der Waals surface area contributed by atoms with Crippen LogP contribution in [0, 0.1) is 0 Å². The van der Waals surface area contributed by atoms with Crippen molar-refractivity contribution < 1.29 is 14.7 Å². The Morgan fingerprint density at radius 2 is 1.88 bits per heavy atom. The van der Waals surface area contributed by atoms with Gasteiger partial charge in [-0.2, -0.15) is 0 Å². The monoisotopic (exact) mass is 238 g/mol. The molecule has 0 radical (unpaired) electrons. The summed E-state index contributed by atoms with van der Waals surface area (Å²) in [4.78, 5) is 21.3. The molecule has 0 aliphatic rings. The highest BCUT2D eigenvalue weighted by Crippen LogP contribution is 2.21. The first-order valence-corrected chi connectivity index (χ1v) is 5.10. The van der Waals surface area contributed by atoms with Crippen molar-refractivity contribution in [2.45, 2.75) is 12.3 Å². The Morgan fingerprint density at radius 1 is 1.31 bits per heavy atom. The minimum atomic E-state index is -0.997. The second-order valence-corrected chi connectivity index (χ2v) is 3.75. The molecule has 0 spiro atoms. The van der Waals surface area contributed by atoms with Crippen LogP contribution in [0.25, 0.3) is 6.08 Å². The molecule has 0 fully saturated rings. The lowest BCUT2D eigenvalue weighted by molar-refractivity contribution is -0.131. The zero-order valence-electron chi connectivity index (χ0n) is 8.68. The van der Waals surface area contributed by atoms with Crippen molar-refractivity contribution in [1.82, 2.24) is 0 Å². The summed E-state index contributed by atoms with van der Waals surface area (Å²) in [5.41, 5.74) is 1.46. The number of rotatable bonds is 4. The van der Waals surface area contributed by atoms with Gasteiger partial charge in [0, 0.05) is 6.08 Å². The average Bonchev–Trinajstić information content (AvgIpc) is 2.26. The van der Waals surface area contributed by atoms with Crippen LogP contribution < -0.4 is 0 Å². The maximum Gasteiger partial charge on any atom is 0.328 e. The van der Waals surface area contributed by atoms with Gasteiger partial charge in [0.2, 0.25) is 0 Å². The summed E-state index contributed by atoms with van der Waals surface area (Å²) in [7, 11) is 0. The van der Waals surface area contributed by atoms with Crippen LogP contribution in [-0.4, -0.2) is 16.9 Å². The molecule has 1 atom stereocenters. The van der Waals surface area contributed by atoms with Crippen LogP contribution in [0.3, 0.4) is 0 Å². The lowest BCUT2D eigenvalue weighted by Gasteiger charge is -2.05. The predicted molar refractivity (Wildman–Crippen MR) is 62.4 cm³/mol. The molecular formula is C12H11ClO3. The van der Waals surface area contributed by atoms with E-state index in [1.54, 1.807) is 24.3 Å². The van der Waals surface area contributed by atoms with Gasteiger partial charge >= 0.3 is 5.97 Å². The Morgan fingerprint density at radius 3 is 2.31 bits per heavy atom. The standard InChI is InChI=1S/C12H11ClO3/c1-8(14)12(13)10-5-2-9(3-6-10)4-7-11(15)16/h2-7,12H,1H3,(H,15,16). The molecule has 0 aliphatic carbocycles. The van der Waals surface area contributed by atoms with Gasteiger partial charge in [0.05, 0.1) is 0 Å². The quantitative estimate of drug-likeness (QED) is 0.648. The molecule has 84 valence electrons. The maximum atomic E-state index is 11.0. The van der Waals surface area contributed by atoms with Crippen molar-refractivity contribution in [2.24, 2.45) is 0 Å². The second-order valence-electron chi connectivity index (χ2n) is 3.31. The van der Waals surface area contributed by atoms with E-state index in [2.05, 4.69) is 0 Å². The van der Waals surface area contributed by atoms with Gasteiger partial charge in [-0.1, -0.05) is 24.3 Å². The summed E-state index contributed by atoms with van der Waals surface area (Å²) in [6, 6.07) is 6.85. The van der Waals surface area contributed by atoms with E-state index in [0.29, 0.717) is 5.56 Å². The van der Waals surface area contributed by atoms with Crippen LogP contribution in [0.5, 0.6) is 0 Å². The molecule has 16 heavy (non-hydrogen) atoms. The Hall–Kier alpha value is -1.61. The number of alkyl halides is 1. The van der Waals surface area contributed by atoms with E-state index in [0.717, 1.165) is 11.6 Å². The highest BCUT2D eigenvalue weighted by Gasteiger charge is 2.11. The van der Waals surface area contributed by atoms with Crippen molar-refractivity contribution in [2.75, 3.05) is 0 Å². The number of carboxylic acids is 1. The number of aliphatic carboxylic acids is 1. The van der Waals surface area contributed by atoms with Gasteiger partial charge in [-0.25, -0.2) is 4.79 Å². The summed E-state index contributed by atoms with van der Waals surface area (Å²) >= 11 is 5.86. The molecule has 1 aromatic rings. The topological polar surface area (TPSA) is 54.4 Å². The molecule has 3 nitrogen and oxygen atoms in total. The first kappa shape index (κ1) is 12.5. The van der Waals surface area contributed by atoms with E-state index in [9.17, 15) is 9.59 Å². The Balaban J connectivity index is 2.83. The number of ketones is 1. The zero-order chi connectivity index (χ0) is 12.1. The molecule has 0 heterocycles. The number of halogens is 1. The molecule has 1 aromatic carbocycles. The maximum absolute atomic E-state index is 11.0. The number of carbonyl (C=O) groups excluding carboxylic acids is 1. The number of carboxylic acid groups (broad SMARTS) is 1. The molecule has 1 rings (SSSR count). The Kier molecular flexibility index (Phi) is 4.26. The van der Waals surface area contributed by atoms with Crippen molar-refractivity contribution in [3.05, 3.63) is 41.5 Å². The average molecular weight is 239 g/mol. The summed E-state index contributed by atoms with van der Waals surface area (Å²) in [5, 5.41) is 7.80. The fourth-order valence-corrected chi connectivity index (χ4v) is 1.32. The molecule has 1 unspecified atom stereocenters. The molecule has 0 bridgehead atoms. The van der Waals surface area contributed by atoms with E-state index < -0.39 is 11.3 Å². The molecule has 1 N–H and O–H groups in total. The molecule has 4 heteroatoms. The first-order valence-electron chi connectivity index (χ1n) is 4.66. The summed E-state index contributed by atoms with van der Waals surface area (Å²) in [6.45, 7) is 1.43. The lowest BCUT2D eigenvalue weighted by atomic mass is 10.1. The fraction of sp³-hybridized carbons (Fsp3) is 0.167. The zero-order valence-corrected chi connectivity index (χ0v) is 9.44. The fourth-order valence-electron chi connectivity index (χ4n) is 1.18. The lowest BCUT2D eigenvalue weighted by Crippen LogP contribution is -2.00. The van der Waals surface area contributed by atoms with Crippen LogP contribution in [0.2, 0.25) is 0 Å². The number of carbonyl (C=O) groups is 2. The van der Waals surface area contributed by atoms with Crippen LogP contribution >= 0.6 is 11.6 Å².